The average Bonchev–Trinajstić information content (AvgIpc) is 3.12. The zero-order valence-electron chi connectivity index (χ0n) is 11.4. The number of rotatable bonds is 6. The first-order chi connectivity index (χ1) is 8.56. The predicted molar refractivity (Wildman–Crippen MR) is 72.8 cm³/mol. The maximum Gasteiger partial charge on any atom is 0.119 e. The minimum Gasteiger partial charge on any atom is -0.491 e. The largest absolute Gasteiger partial charge is 0.491 e. The van der Waals surface area contributed by atoms with Crippen LogP contribution in [0.1, 0.15) is 45.3 Å². The fourth-order valence-corrected chi connectivity index (χ4v) is 2.02. The third-order valence-electron chi connectivity index (χ3n) is 3.14. The Morgan fingerprint density at radius 2 is 1.78 bits per heavy atom. The molecule has 0 spiro atoms. The maximum atomic E-state index is 10.2. The van der Waals surface area contributed by atoms with Gasteiger partial charge in [-0.15, -0.1) is 0 Å². The third-order valence-corrected chi connectivity index (χ3v) is 3.14. The molecule has 100 valence electrons. The lowest BCUT2D eigenvalue weighted by atomic mass is 10.0. The molecule has 2 rings (SSSR count). The molecule has 3 heteroatoms. The van der Waals surface area contributed by atoms with Crippen LogP contribution in [-0.2, 0) is 0 Å². The van der Waals surface area contributed by atoms with E-state index in [1.807, 2.05) is 45.0 Å². The van der Waals surface area contributed by atoms with Gasteiger partial charge >= 0.3 is 0 Å². The van der Waals surface area contributed by atoms with Crippen molar-refractivity contribution in [2.24, 2.45) is 0 Å². The Balaban J connectivity index is 1.94. The van der Waals surface area contributed by atoms with Gasteiger partial charge in [-0.05, 0) is 51.3 Å². The molecule has 0 radical (unpaired) electrons. The highest BCUT2D eigenvalue weighted by atomic mass is 16.5. The molecule has 1 aromatic carbocycles. The Bertz CT molecular complexity index is 371. The Morgan fingerprint density at radius 3 is 2.28 bits per heavy atom. The molecule has 1 aliphatic rings. The predicted octanol–water partition coefficient (Wildman–Crippen LogP) is 2.65. The van der Waals surface area contributed by atoms with E-state index >= 15 is 0 Å². The van der Waals surface area contributed by atoms with Crippen LogP contribution in [0.15, 0.2) is 24.3 Å². The van der Waals surface area contributed by atoms with Crippen LogP contribution in [0.4, 0.5) is 0 Å². The van der Waals surface area contributed by atoms with Crippen molar-refractivity contribution in [1.82, 2.24) is 5.32 Å². The molecule has 2 atom stereocenters. The monoisotopic (exact) mass is 249 g/mol. The van der Waals surface area contributed by atoms with Crippen LogP contribution in [0.5, 0.6) is 5.75 Å². The van der Waals surface area contributed by atoms with Crippen LogP contribution < -0.4 is 10.1 Å². The number of benzene rings is 1. The molecule has 1 saturated carbocycles. The van der Waals surface area contributed by atoms with Crippen molar-refractivity contribution in [2.75, 3.05) is 0 Å². The zero-order valence-corrected chi connectivity index (χ0v) is 11.4. The number of nitrogens with one attached hydrogen (secondary N) is 1. The van der Waals surface area contributed by atoms with Gasteiger partial charge in [0.25, 0.3) is 0 Å². The van der Waals surface area contributed by atoms with Gasteiger partial charge in [-0.25, -0.2) is 0 Å². The van der Waals surface area contributed by atoms with Crippen molar-refractivity contribution in [1.29, 1.82) is 0 Å². The minimum absolute atomic E-state index is 0.0920. The molecule has 0 heterocycles. The number of hydrogen-bond donors (Lipinski definition) is 2. The Kier molecular flexibility index (Phi) is 4.25. The normalized spacial score (nSPS) is 18.7. The van der Waals surface area contributed by atoms with Crippen LogP contribution in [0.2, 0.25) is 0 Å². The lowest BCUT2D eigenvalue weighted by molar-refractivity contribution is 0.135. The number of ether oxygens (including phenoxy) is 1. The second-order valence-electron chi connectivity index (χ2n) is 5.41. The molecule has 3 nitrogen and oxygen atoms in total. The van der Waals surface area contributed by atoms with E-state index < -0.39 is 6.10 Å². The van der Waals surface area contributed by atoms with E-state index in [1.165, 1.54) is 12.8 Å². The molecule has 0 saturated heterocycles. The van der Waals surface area contributed by atoms with Gasteiger partial charge in [0.2, 0.25) is 0 Å². The van der Waals surface area contributed by atoms with Crippen molar-refractivity contribution in [3.8, 4) is 5.75 Å². The molecule has 1 fully saturated rings. The molecular weight excluding hydrogens is 226 g/mol. The van der Waals surface area contributed by atoms with Gasteiger partial charge in [-0.3, -0.25) is 0 Å². The third kappa shape index (κ3) is 3.72. The van der Waals surface area contributed by atoms with E-state index in [1.54, 1.807) is 0 Å². The quantitative estimate of drug-likeness (QED) is 0.814. The summed E-state index contributed by atoms with van der Waals surface area (Å²) in [4.78, 5) is 0. The highest BCUT2D eigenvalue weighted by Crippen LogP contribution is 2.25. The Labute approximate surface area is 109 Å². The Hall–Kier alpha value is -1.06. The topological polar surface area (TPSA) is 41.5 Å². The highest BCUT2D eigenvalue weighted by Gasteiger charge is 2.26. The average molecular weight is 249 g/mol. The fraction of sp³-hybridized carbons (Fsp3) is 0.600. The van der Waals surface area contributed by atoms with Crippen molar-refractivity contribution < 1.29 is 9.84 Å². The molecule has 2 N–H and O–H groups in total. The highest BCUT2D eigenvalue weighted by molar-refractivity contribution is 5.29. The molecule has 0 aromatic heterocycles. The van der Waals surface area contributed by atoms with E-state index in [9.17, 15) is 5.11 Å². The van der Waals surface area contributed by atoms with Gasteiger partial charge < -0.3 is 15.2 Å². The summed E-state index contributed by atoms with van der Waals surface area (Å²) in [7, 11) is 0. The summed E-state index contributed by atoms with van der Waals surface area (Å²) in [5.41, 5.74) is 0.937. The van der Waals surface area contributed by atoms with Crippen LogP contribution in [0, 0.1) is 0 Å². The van der Waals surface area contributed by atoms with Crippen molar-refractivity contribution in [3.05, 3.63) is 29.8 Å². The van der Waals surface area contributed by atoms with Crippen LogP contribution in [0.25, 0.3) is 0 Å². The molecule has 18 heavy (non-hydrogen) atoms. The van der Waals surface area contributed by atoms with Gasteiger partial charge in [0.05, 0.1) is 12.2 Å². The maximum absolute atomic E-state index is 10.2. The minimum atomic E-state index is -0.460. The van der Waals surface area contributed by atoms with Crippen molar-refractivity contribution in [3.63, 3.8) is 0 Å². The molecule has 0 amide bonds. The second kappa shape index (κ2) is 5.72. The SMILES string of the molecule is CC(C)Oc1ccc(C(O)C(C)NC2CC2)cc1. The first-order valence-electron chi connectivity index (χ1n) is 6.77. The van der Waals surface area contributed by atoms with Gasteiger partial charge in [0.1, 0.15) is 5.75 Å². The van der Waals surface area contributed by atoms with E-state index in [0.29, 0.717) is 6.04 Å². The second-order valence-corrected chi connectivity index (χ2v) is 5.41. The van der Waals surface area contributed by atoms with Crippen LogP contribution in [-0.4, -0.2) is 23.3 Å². The van der Waals surface area contributed by atoms with E-state index in [-0.39, 0.29) is 12.1 Å². The molecular formula is C15H23NO2. The summed E-state index contributed by atoms with van der Waals surface area (Å²) in [5.74, 6) is 0.851. The van der Waals surface area contributed by atoms with Gasteiger partial charge in [0, 0.05) is 12.1 Å². The number of aliphatic hydroxyl groups excluding tert-OH is 1. The van der Waals surface area contributed by atoms with Crippen LogP contribution >= 0.6 is 0 Å². The summed E-state index contributed by atoms with van der Waals surface area (Å²) in [6.45, 7) is 6.04. The van der Waals surface area contributed by atoms with E-state index in [2.05, 4.69) is 5.32 Å². The van der Waals surface area contributed by atoms with Crippen molar-refractivity contribution >= 4 is 0 Å². The van der Waals surface area contributed by atoms with Crippen molar-refractivity contribution in [2.45, 2.75) is 57.9 Å². The number of hydrogen-bond acceptors (Lipinski definition) is 3. The lowest BCUT2D eigenvalue weighted by Gasteiger charge is -2.21. The lowest BCUT2D eigenvalue weighted by Crippen LogP contribution is -2.33. The first-order valence-corrected chi connectivity index (χ1v) is 6.77. The van der Waals surface area contributed by atoms with Crippen LogP contribution in [0.3, 0.4) is 0 Å². The van der Waals surface area contributed by atoms with Gasteiger partial charge in [-0.1, -0.05) is 12.1 Å². The summed E-state index contributed by atoms with van der Waals surface area (Å²) in [6.07, 6.45) is 2.19. The summed E-state index contributed by atoms with van der Waals surface area (Å²) in [6, 6.07) is 8.42. The fourth-order valence-electron chi connectivity index (χ4n) is 2.02. The van der Waals surface area contributed by atoms with E-state index in [0.717, 1.165) is 11.3 Å². The smallest absolute Gasteiger partial charge is 0.119 e. The molecule has 0 aliphatic heterocycles. The van der Waals surface area contributed by atoms with E-state index in [4.69, 9.17) is 4.74 Å². The molecule has 2 unspecified atom stereocenters. The number of aliphatic hydroxyl groups is 1. The standard InChI is InChI=1S/C15H23NO2/c1-10(2)18-14-8-4-12(5-9-14)15(17)11(3)16-13-6-7-13/h4-5,8-11,13,15-17H,6-7H2,1-3H3. The zero-order chi connectivity index (χ0) is 13.1. The van der Waals surface area contributed by atoms with Gasteiger partial charge in [0.15, 0.2) is 0 Å². The van der Waals surface area contributed by atoms with Gasteiger partial charge in [-0.2, -0.15) is 0 Å². The summed E-state index contributed by atoms with van der Waals surface area (Å²) >= 11 is 0. The summed E-state index contributed by atoms with van der Waals surface area (Å²) in [5, 5.41) is 13.7. The first kappa shape index (κ1) is 13.4. The molecule has 1 aromatic rings. The molecule has 0 bridgehead atoms. The molecule has 1 aliphatic carbocycles. The summed E-state index contributed by atoms with van der Waals surface area (Å²) < 4.78 is 5.59. The Morgan fingerprint density at radius 1 is 1.17 bits per heavy atom.